The van der Waals surface area contributed by atoms with Gasteiger partial charge >= 0.3 is 0 Å². The summed E-state index contributed by atoms with van der Waals surface area (Å²) in [6, 6.07) is 8.33. The van der Waals surface area contributed by atoms with Crippen molar-refractivity contribution in [2.75, 3.05) is 0 Å². The second-order valence-corrected chi connectivity index (χ2v) is 4.99. The van der Waals surface area contributed by atoms with Crippen LogP contribution < -0.4 is 5.32 Å². The van der Waals surface area contributed by atoms with Crippen molar-refractivity contribution in [3.63, 3.8) is 0 Å². The average molecular weight is 249 g/mol. The maximum atomic E-state index is 11.6. The SMILES string of the molecule is Cc1ccccc1CC(C)NC(=O)CCC(C)O. The number of aliphatic hydroxyl groups is 1. The Hall–Kier alpha value is -1.35. The lowest BCUT2D eigenvalue weighted by Gasteiger charge is -2.15. The average Bonchev–Trinajstić information content (AvgIpc) is 2.29. The molecule has 0 spiro atoms. The van der Waals surface area contributed by atoms with Gasteiger partial charge < -0.3 is 10.4 Å². The smallest absolute Gasteiger partial charge is 0.220 e. The van der Waals surface area contributed by atoms with Crippen molar-refractivity contribution < 1.29 is 9.90 Å². The molecule has 18 heavy (non-hydrogen) atoms. The fourth-order valence-corrected chi connectivity index (χ4v) is 1.91. The van der Waals surface area contributed by atoms with Gasteiger partial charge in [-0.2, -0.15) is 0 Å². The van der Waals surface area contributed by atoms with Crippen molar-refractivity contribution in [2.45, 2.75) is 52.2 Å². The molecule has 0 saturated carbocycles. The zero-order valence-corrected chi connectivity index (χ0v) is 11.4. The Kier molecular flexibility index (Phi) is 5.86. The number of aliphatic hydroxyl groups excluding tert-OH is 1. The third kappa shape index (κ3) is 5.32. The molecule has 2 atom stereocenters. The van der Waals surface area contributed by atoms with Crippen molar-refractivity contribution in [2.24, 2.45) is 0 Å². The summed E-state index contributed by atoms with van der Waals surface area (Å²) < 4.78 is 0. The zero-order chi connectivity index (χ0) is 13.5. The second-order valence-electron chi connectivity index (χ2n) is 4.99. The molecule has 2 N–H and O–H groups in total. The van der Waals surface area contributed by atoms with Crippen LogP contribution in [-0.2, 0) is 11.2 Å². The molecule has 0 aliphatic heterocycles. The van der Waals surface area contributed by atoms with E-state index in [2.05, 4.69) is 24.4 Å². The Labute approximate surface area is 109 Å². The molecule has 0 saturated heterocycles. The minimum absolute atomic E-state index is 0.0111. The molecular formula is C15H23NO2. The Morgan fingerprint density at radius 2 is 2.00 bits per heavy atom. The summed E-state index contributed by atoms with van der Waals surface area (Å²) in [5, 5.41) is 12.1. The molecule has 100 valence electrons. The van der Waals surface area contributed by atoms with Gasteiger partial charge in [-0.1, -0.05) is 24.3 Å². The highest BCUT2D eigenvalue weighted by Crippen LogP contribution is 2.09. The van der Waals surface area contributed by atoms with E-state index < -0.39 is 6.10 Å². The molecule has 2 unspecified atom stereocenters. The van der Waals surface area contributed by atoms with Crippen LogP contribution in [0.1, 0.15) is 37.8 Å². The van der Waals surface area contributed by atoms with E-state index in [0.717, 1.165) is 6.42 Å². The number of nitrogens with one attached hydrogen (secondary N) is 1. The highest BCUT2D eigenvalue weighted by molar-refractivity contribution is 5.76. The van der Waals surface area contributed by atoms with Gasteiger partial charge in [0.1, 0.15) is 0 Å². The molecule has 0 bridgehead atoms. The molecule has 1 rings (SSSR count). The molecule has 3 nitrogen and oxygen atoms in total. The highest BCUT2D eigenvalue weighted by atomic mass is 16.3. The molecule has 3 heteroatoms. The quantitative estimate of drug-likeness (QED) is 0.812. The predicted octanol–water partition coefficient (Wildman–Crippen LogP) is 2.20. The van der Waals surface area contributed by atoms with Crippen LogP contribution in [0.25, 0.3) is 0 Å². The number of amides is 1. The van der Waals surface area contributed by atoms with Crippen molar-refractivity contribution in [1.82, 2.24) is 5.32 Å². The predicted molar refractivity (Wildman–Crippen MR) is 73.4 cm³/mol. The van der Waals surface area contributed by atoms with E-state index in [1.807, 2.05) is 19.1 Å². The number of hydrogen-bond acceptors (Lipinski definition) is 2. The number of carbonyl (C=O) groups is 1. The van der Waals surface area contributed by atoms with Crippen molar-refractivity contribution in [3.8, 4) is 0 Å². The summed E-state index contributed by atoms with van der Waals surface area (Å²) in [6.45, 7) is 5.79. The van der Waals surface area contributed by atoms with Gasteiger partial charge in [0.2, 0.25) is 5.91 Å². The monoisotopic (exact) mass is 249 g/mol. The molecule has 0 aliphatic rings. The number of aryl methyl sites for hydroxylation is 1. The third-order valence-corrected chi connectivity index (χ3v) is 2.98. The van der Waals surface area contributed by atoms with E-state index in [4.69, 9.17) is 5.11 Å². The standard InChI is InChI=1S/C15H23NO2/c1-11-6-4-5-7-14(11)10-12(2)16-15(18)9-8-13(3)17/h4-7,12-13,17H,8-10H2,1-3H3,(H,16,18). The van der Waals surface area contributed by atoms with E-state index in [1.54, 1.807) is 6.92 Å². The lowest BCUT2D eigenvalue weighted by atomic mass is 10.0. The van der Waals surface area contributed by atoms with E-state index in [9.17, 15) is 4.79 Å². The highest BCUT2D eigenvalue weighted by Gasteiger charge is 2.10. The van der Waals surface area contributed by atoms with Gasteiger partial charge in [0.25, 0.3) is 0 Å². The summed E-state index contributed by atoms with van der Waals surface area (Å²) in [5.41, 5.74) is 2.52. The number of rotatable bonds is 6. The molecule has 0 radical (unpaired) electrons. The van der Waals surface area contributed by atoms with E-state index in [0.29, 0.717) is 12.8 Å². The number of benzene rings is 1. The summed E-state index contributed by atoms with van der Waals surface area (Å²) in [6.07, 6.45) is 1.33. The van der Waals surface area contributed by atoms with Crippen LogP contribution in [0, 0.1) is 6.92 Å². The first-order chi connectivity index (χ1) is 8.49. The van der Waals surface area contributed by atoms with Gasteiger partial charge in [-0.25, -0.2) is 0 Å². The van der Waals surface area contributed by atoms with Crippen LogP contribution >= 0.6 is 0 Å². The number of carbonyl (C=O) groups excluding carboxylic acids is 1. The van der Waals surface area contributed by atoms with E-state index in [-0.39, 0.29) is 11.9 Å². The number of hydrogen-bond donors (Lipinski definition) is 2. The summed E-state index contributed by atoms with van der Waals surface area (Å²) in [4.78, 5) is 11.6. The van der Waals surface area contributed by atoms with E-state index >= 15 is 0 Å². The van der Waals surface area contributed by atoms with Gasteiger partial charge in [0, 0.05) is 12.5 Å². The van der Waals surface area contributed by atoms with E-state index in [1.165, 1.54) is 11.1 Å². The normalized spacial score (nSPS) is 14.0. The maximum absolute atomic E-state index is 11.6. The maximum Gasteiger partial charge on any atom is 0.220 e. The Morgan fingerprint density at radius 3 is 2.61 bits per heavy atom. The van der Waals surface area contributed by atoms with Crippen LogP contribution in [0.2, 0.25) is 0 Å². The fraction of sp³-hybridized carbons (Fsp3) is 0.533. The zero-order valence-electron chi connectivity index (χ0n) is 11.4. The first-order valence-electron chi connectivity index (χ1n) is 6.51. The lowest BCUT2D eigenvalue weighted by molar-refractivity contribution is -0.122. The Morgan fingerprint density at radius 1 is 1.33 bits per heavy atom. The first kappa shape index (κ1) is 14.7. The molecule has 0 aromatic heterocycles. The minimum atomic E-state index is -0.414. The first-order valence-corrected chi connectivity index (χ1v) is 6.51. The van der Waals surface area contributed by atoms with Crippen molar-refractivity contribution in [3.05, 3.63) is 35.4 Å². The van der Waals surface area contributed by atoms with Crippen LogP contribution in [0.3, 0.4) is 0 Å². The Bertz CT molecular complexity index is 388. The van der Waals surface area contributed by atoms with Gasteiger partial charge in [0.05, 0.1) is 6.10 Å². The molecule has 1 amide bonds. The largest absolute Gasteiger partial charge is 0.393 e. The lowest BCUT2D eigenvalue weighted by Crippen LogP contribution is -2.34. The minimum Gasteiger partial charge on any atom is -0.393 e. The van der Waals surface area contributed by atoms with Gasteiger partial charge in [-0.3, -0.25) is 4.79 Å². The summed E-state index contributed by atoms with van der Waals surface area (Å²) >= 11 is 0. The molecule has 0 aliphatic carbocycles. The van der Waals surface area contributed by atoms with Gasteiger partial charge in [-0.05, 0) is 44.7 Å². The molecular weight excluding hydrogens is 226 g/mol. The molecule has 1 aromatic carbocycles. The fourth-order valence-electron chi connectivity index (χ4n) is 1.91. The summed E-state index contributed by atoms with van der Waals surface area (Å²) in [5.74, 6) is 0.0111. The molecule has 0 heterocycles. The molecule has 1 aromatic rings. The Balaban J connectivity index is 2.40. The second kappa shape index (κ2) is 7.17. The van der Waals surface area contributed by atoms with Gasteiger partial charge in [0.15, 0.2) is 0 Å². The summed E-state index contributed by atoms with van der Waals surface area (Å²) in [7, 11) is 0. The van der Waals surface area contributed by atoms with Crippen LogP contribution in [0.5, 0.6) is 0 Å². The van der Waals surface area contributed by atoms with Crippen LogP contribution in [-0.4, -0.2) is 23.2 Å². The molecule has 0 fully saturated rings. The third-order valence-electron chi connectivity index (χ3n) is 2.98. The van der Waals surface area contributed by atoms with Crippen molar-refractivity contribution in [1.29, 1.82) is 0 Å². The van der Waals surface area contributed by atoms with Gasteiger partial charge in [-0.15, -0.1) is 0 Å². The topological polar surface area (TPSA) is 49.3 Å². The van der Waals surface area contributed by atoms with Crippen molar-refractivity contribution >= 4 is 5.91 Å². The van der Waals surface area contributed by atoms with Crippen LogP contribution in [0.4, 0.5) is 0 Å². The van der Waals surface area contributed by atoms with Crippen LogP contribution in [0.15, 0.2) is 24.3 Å².